The lowest BCUT2D eigenvalue weighted by atomic mass is 10.2. The first kappa shape index (κ1) is 21.3. The van der Waals surface area contributed by atoms with Crippen LogP contribution in [0.1, 0.15) is 42.1 Å². The third kappa shape index (κ3) is 7.61. The number of unbranched alkanes of at least 4 members (excludes halogenated alkanes) is 2. The molecule has 0 fully saturated rings. The van der Waals surface area contributed by atoms with Crippen LogP contribution < -0.4 is 15.4 Å². The van der Waals surface area contributed by atoms with Crippen molar-refractivity contribution in [1.82, 2.24) is 10.6 Å². The van der Waals surface area contributed by atoms with Gasteiger partial charge in [0.1, 0.15) is 5.75 Å². The van der Waals surface area contributed by atoms with E-state index in [4.69, 9.17) is 17.0 Å². The average molecular weight is 403 g/mol. The van der Waals surface area contributed by atoms with Crippen molar-refractivity contribution in [3.63, 3.8) is 0 Å². The number of carbonyl (C=O) groups excluding carboxylic acids is 1. The Kier molecular flexibility index (Phi) is 9.15. The van der Waals surface area contributed by atoms with E-state index in [2.05, 4.69) is 29.7 Å². The second-order valence-corrected chi connectivity index (χ2v) is 7.35. The molecule has 0 aliphatic carbocycles. The van der Waals surface area contributed by atoms with Crippen molar-refractivity contribution in [2.75, 3.05) is 12.9 Å². The van der Waals surface area contributed by atoms with Gasteiger partial charge in [0.05, 0.1) is 6.61 Å². The van der Waals surface area contributed by atoms with Gasteiger partial charge in [-0.1, -0.05) is 31.9 Å². The predicted octanol–water partition coefficient (Wildman–Crippen LogP) is 4.78. The minimum atomic E-state index is -0.234. The van der Waals surface area contributed by atoms with Crippen LogP contribution in [0.4, 0.5) is 0 Å². The lowest BCUT2D eigenvalue weighted by Gasteiger charge is -2.10. The Morgan fingerprint density at radius 3 is 2.41 bits per heavy atom. The van der Waals surface area contributed by atoms with Gasteiger partial charge in [-0.2, -0.15) is 0 Å². The van der Waals surface area contributed by atoms with E-state index in [1.165, 1.54) is 11.3 Å². The Morgan fingerprint density at radius 2 is 1.78 bits per heavy atom. The Bertz CT molecular complexity index is 731. The maximum Gasteiger partial charge on any atom is 0.257 e. The van der Waals surface area contributed by atoms with Gasteiger partial charge in [-0.05, 0) is 66.9 Å². The summed E-state index contributed by atoms with van der Waals surface area (Å²) in [5.41, 5.74) is 1.65. The summed E-state index contributed by atoms with van der Waals surface area (Å²) in [6.07, 6.45) is 5.41. The summed E-state index contributed by atoms with van der Waals surface area (Å²) in [4.78, 5) is 13.5. The third-order valence-electron chi connectivity index (χ3n) is 3.97. The standard InChI is InChI=1S/C21H26N2O2S2/c1-3-4-5-14-25-18-10-8-17(9-11-18)20(24)23-21(26)22-15-16-6-12-19(27-2)13-7-16/h6-13H,3-5,14-15H2,1-2H3,(H2,22,23,24,26). The van der Waals surface area contributed by atoms with Crippen LogP contribution in [0.25, 0.3) is 0 Å². The zero-order valence-electron chi connectivity index (χ0n) is 15.8. The van der Waals surface area contributed by atoms with Crippen LogP contribution in [0.3, 0.4) is 0 Å². The van der Waals surface area contributed by atoms with E-state index in [9.17, 15) is 4.79 Å². The molecule has 0 atom stereocenters. The summed E-state index contributed by atoms with van der Waals surface area (Å²) in [7, 11) is 0. The fraction of sp³-hybridized carbons (Fsp3) is 0.333. The largest absolute Gasteiger partial charge is 0.494 e. The van der Waals surface area contributed by atoms with Gasteiger partial charge in [-0.3, -0.25) is 10.1 Å². The maximum atomic E-state index is 12.3. The molecule has 0 aromatic heterocycles. The number of nitrogens with one attached hydrogen (secondary N) is 2. The van der Waals surface area contributed by atoms with E-state index >= 15 is 0 Å². The molecule has 1 amide bonds. The zero-order valence-corrected chi connectivity index (χ0v) is 17.4. The predicted molar refractivity (Wildman–Crippen MR) is 117 cm³/mol. The molecule has 4 nitrogen and oxygen atoms in total. The molecule has 144 valence electrons. The fourth-order valence-corrected chi connectivity index (χ4v) is 2.96. The van der Waals surface area contributed by atoms with E-state index in [0.717, 1.165) is 24.2 Å². The number of hydrogen-bond acceptors (Lipinski definition) is 4. The molecule has 2 rings (SSSR count). The fourth-order valence-electron chi connectivity index (χ4n) is 2.39. The van der Waals surface area contributed by atoms with Crippen molar-refractivity contribution in [2.24, 2.45) is 0 Å². The molecule has 0 spiro atoms. The molecule has 6 heteroatoms. The summed E-state index contributed by atoms with van der Waals surface area (Å²) < 4.78 is 5.66. The third-order valence-corrected chi connectivity index (χ3v) is 4.96. The molecule has 0 unspecified atom stereocenters. The lowest BCUT2D eigenvalue weighted by Crippen LogP contribution is -2.38. The van der Waals surface area contributed by atoms with Crippen molar-refractivity contribution in [1.29, 1.82) is 0 Å². The summed E-state index contributed by atoms with van der Waals surface area (Å²) in [5, 5.41) is 6.07. The highest BCUT2D eigenvalue weighted by Gasteiger charge is 2.08. The molecule has 0 aliphatic heterocycles. The van der Waals surface area contributed by atoms with Gasteiger partial charge in [0.25, 0.3) is 5.91 Å². The SMILES string of the molecule is CCCCCOc1ccc(C(=O)NC(=S)NCc2ccc(SC)cc2)cc1. The Balaban J connectivity index is 1.76. The van der Waals surface area contributed by atoms with Crippen LogP contribution in [-0.4, -0.2) is 23.9 Å². The highest BCUT2D eigenvalue weighted by Crippen LogP contribution is 2.15. The molecule has 2 aromatic carbocycles. The van der Waals surface area contributed by atoms with Crippen LogP contribution >= 0.6 is 24.0 Å². The van der Waals surface area contributed by atoms with Crippen molar-refractivity contribution in [2.45, 2.75) is 37.6 Å². The van der Waals surface area contributed by atoms with Crippen LogP contribution in [0.5, 0.6) is 5.75 Å². The Morgan fingerprint density at radius 1 is 1.07 bits per heavy atom. The van der Waals surface area contributed by atoms with Gasteiger partial charge in [-0.25, -0.2) is 0 Å². The van der Waals surface area contributed by atoms with Crippen molar-refractivity contribution >= 4 is 35.0 Å². The number of benzene rings is 2. The van der Waals surface area contributed by atoms with E-state index in [1.54, 1.807) is 23.9 Å². The number of carbonyl (C=O) groups is 1. The van der Waals surface area contributed by atoms with E-state index in [0.29, 0.717) is 23.8 Å². The minimum absolute atomic E-state index is 0.234. The van der Waals surface area contributed by atoms with Gasteiger partial charge in [0, 0.05) is 17.0 Å². The van der Waals surface area contributed by atoms with E-state index in [-0.39, 0.29) is 5.91 Å². The van der Waals surface area contributed by atoms with Gasteiger partial charge in [0.15, 0.2) is 5.11 Å². The summed E-state index contributed by atoms with van der Waals surface area (Å²) in [5.74, 6) is 0.541. The van der Waals surface area contributed by atoms with E-state index in [1.807, 2.05) is 30.5 Å². The van der Waals surface area contributed by atoms with Crippen molar-refractivity contribution in [3.8, 4) is 5.75 Å². The molecule has 0 radical (unpaired) electrons. The number of rotatable bonds is 9. The van der Waals surface area contributed by atoms with Crippen molar-refractivity contribution < 1.29 is 9.53 Å². The molecular weight excluding hydrogens is 376 g/mol. The first-order valence-corrected chi connectivity index (χ1v) is 10.7. The topological polar surface area (TPSA) is 50.4 Å². The molecule has 0 bridgehead atoms. The highest BCUT2D eigenvalue weighted by atomic mass is 32.2. The maximum absolute atomic E-state index is 12.3. The molecule has 0 aliphatic rings. The van der Waals surface area contributed by atoms with Gasteiger partial charge >= 0.3 is 0 Å². The lowest BCUT2D eigenvalue weighted by molar-refractivity contribution is 0.0976. The van der Waals surface area contributed by atoms with Crippen LogP contribution in [0, 0.1) is 0 Å². The van der Waals surface area contributed by atoms with Gasteiger partial charge < -0.3 is 10.1 Å². The van der Waals surface area contributed by atoms with E-state index < -0.39 is 0 Å². The van der Waals surface area contributed by atoms with Crippen molar-refractivity contribution in [3.05, 3.63) is 59.7 Å². The van der Waals surface area contributed by atoms with Crippen LogP contribution in [0.15, 0.2) is 53.4 Å². The van der Waals surface area contributed by atoms with Crippen LogP contribution in [0.2, 0.25) is 0 Å². The highest BCUT2D eigenvalue weighted by molar-refractivity contribution is 7.98. The second-order valence-electron chi connectivity index (χ2n) is 6.06. The molecule has 27 heavy (non-hydrogen) atoms. The van der Waals surface area contributed by atoms with Gasteiger partial charge in [0.2, 0.25) is 0 Å². The summed E-state index contributed by atoms with van der Waals surface area (Å²) in [6.45, 7) is 3.43. The number of thioether (sulfide) groups is 1. The first-order valence-electron chi connectivity index (χ1n) is 9.07. The van der Waals surface area contributed by atoms with Crippen LogP contribution in [-0.2, 0) is 6.54 Å². The molecule has 2 N–H and O–H groups in total. The minimum Gasteiger partial charge on any atom is -0.494 e. The number of hydrogen-bond donors (Lipinski definition) is 2. The molecule has 2 aromatic rings. The Hall–Kier alpha value is -2.05. The Labute approximate surface area is 171 Å². The second kappa shape index (κ2) is 11.6. The average Bonchev–Trinajstić information content (AvgIpc) is 2.70. The molecular formula is C21H26N2O2S2. The monoisotopic (exact) mass is 402 g/mol. The molecule has 0 saturated heterocycles. The normalized spacial score (nSPS) is 10.3. The first-order chi connectivity index (χ1) is 13.1. The molecule has 0 saturated carbocycles. The quantitative estimate of drug-likeness (QED) is 0.359. The number of thiocarbonyl (C=S) groups is 1. The molecule has 0 heterocycles. The smallest absolute Gasteiger partial charge is 0.257 e. The summed E-state index contributed by atoms with van der Waals surface area (Å²) >= 11 is 6.92. The zero-order chi connectivity index (χ0) is 19.5. The number of amides is 1. The number of ether oxygens (including phenoxy) is 1. The summed E-state index contributed by atoms with van der Waals surface area (Å²) in [6, 6.07) is 15.3. The van der Waals surface area contributed by atoms with Gasteiger partial charge in [-0.15, -0.1) is 11.8 Å².